The molecule has 1 aliphatic rings. The zero-order valence-electron chi connectivity index (χ0n) is 14.9. The normalized spacial score (nSPS) is 13.0. The van der Waals surface area contributed by atoms with Gasteiger partial charge in [0, 0.05) is 28.3 Å². The topological polar surface area (TPSA) is 74.7 Å². The Bertz CT molecular complexity index is 980. The van der Waals surface area contributed by atoms with Crippen molar-refractivity contribution in [3.8, 4) is 22.1 Å². The van der Waals surface area contributed by atoms with Crippen LogP contribution in [0.1, 0.15) is 22.5 Å². The van der Waals surface area contributed by atoms with Crippen molar-refractivity contribution in [3.63, 3.8) is 0 Å². The zero-order valence-corrected chi connectivity index (χ0v) is 16.5. The van der Waals surface area contributed by atoms with E-state index in [1.165, 1.54) is 11.3 Å². The van der Waals surface area contributed by atoms with Crippen LogP contribution in [0.25, 0.3) is 10.6 Å². The minimum Gasteiger partial charge on any atom is -0.490 e. The molecular weight excluding hydrogens is 398 g/mol. The average Bonchev–Trinajstić information content (AvgIpc) is 3.33. The molecule has 8 heteroatoms. The fourth-order valence-electron chi connectivity index (χ4n) is 2.67. The second-order valence-corrected chi connectivity index (χ2v) is 7.77. The van der Waals surface area contributed by atoms with Gasteiger partial charge in [0.15, 0.2) is 23.9 Å². The average molecular weight is 415 g/mol. The number of Topliss-reactive ketones (excluding diaryl/α,β-unsaturated/α-hetero) is 1. The number of benzene rings is 1. The lowest BCUT2D eigenvalue weighted by Crippen LogP contribution is -2.16. The van der Waals surface area contributed by atoms with Crippen LogP contribution < -0.4 is 9.47 Å². The second-order valence-electron chi connectivity index (χ2n) is 6.13. The van der Waals surface area contributed by atoms with Gasteiger partial charge in [0.25, 0.3) is 0 Å². The van der Waals surface area contributed by atoms with Gasteiger partial charge in [-0.2, -0.15) is 11.3 Å². The van der Waals surface area contributed by atoms with E-state index in [0.29, 0.717) is 36.0 Å². The van der Waals surface area contributed by atoms with Crippen LogP contribution in [0, 0.1) is 0 Å². The van der Waals surface area contributed by atoms with Gasteiger partial charge in [-0.05, 0) is 29.6 Å². The number of nitrogens with zero attached hydrogens (tertiary/aromatic N) is 1. The Labute approximate surface area is 169 Å². The molecule has 0 fully saturated rings. The Balaban J connectivity index is 1.32. The number of hydrogen-bond acceptors (Lipinski definition) is 8. The summed E-state index contributed by atoms with van der Waals surface area (Å²) < 4.78 is 16.3. The Morgan fingerprint density at radius 3 is 2.79 bits per heavy atom. The third kappa shape index (κ3) is 4.40. The minimum atomic E-state index is -0.482. The molecule has 0 saturated carbocycles. The molecule has 144 valence electrons. The molecule has 3 heterocycles. The van der Waals surface area contributed by atoms with Gasteiger partial charge in [-0.25, -0.2) is 4.98 Å². The quantitative estimate of drug-likeness (QED) is 0.447. The van der Waals surface area contributed by atoms with E-state index in [1.807, 2.05) is 22.2 Å². The number of ether oxygens (including phenoxy) is 3. The zero-order chi connectivity index (χ0) is 19.3. The molecule has 0 aliphatic carbocycles. The van der Waals surface area contributed by atoms with Crippen LogP contribution in [-0.2, 0) is 16.0 Å². The van der Waals surface area contributed by atoms with E-state index in [0.717, 1.165) is 17.0 Å². The molecule has 0 unspecified atom stereocenters. The van der Waals surface area contributed by atoms with E-state index in [2.05, 4.69) is 4.98 Å². The maximum atomic E-state index is 12.3. The van der Waals surface area contributed by atoms with E-state index in [1.54, 1.807) is 29.5 Å². The van der Waals surface area contributed by atoms with E-state index < -0.39 is 5.97 Å². The summed E-state index contributed by atoms with van der Waals surface area (Å²) in [6.07, 6.45) is 0.829. The monoisotopic (exact) mass is 415 g/mol. The highest BCUT2D eigenvalue weighted by Crippen LogP contribution is 2.30. The van der Waals surface area contributed by atoms with Gasteiger partial charge in [0.2, 0.25) is 0 Å². The summed E-state index contributed by atoms with van der Waals surface area (Å²) in [7, 11) is 0. The van der Waals surface area contributed by atoms with E-state index >= 15 is 0 Å². The predicted octanol–water partition coefficient (Wildman–Crippen LogP) is 4.00. The molecule has 0 saturated heterocycles. The molecular formula is C20H17NO5S2. The first-order chi connectivity index (χ1) is 13.7. The summed E-state index contributed by atoms with van der Waals surface area (Å²) in [5, 5.41) is 6.69. The van der Waals surface area contributed by atoms with Crippen LogP contribution >= 0.6 is 22.7 Å². The van der Waals surface area contributed by atoms with Crippen LogP contribution in [0.4, 0.5) is 0 Å². The van der Waals surface area contributed by atoms with Crippen molar-refractivity contribution in [2.45, 2.75) is 12.8 Å². The van der Waals surface area contributed by atoms with Crippen LogP contribution in [-0.4, -0.2) is 36.6 Å². The summed E-state index contributed by atoms with van der Waals surface area (Å²) >= 11 is 3.08. The van der Waals surface area contributed by atoms with Crippen molar-refractivity contribution < 1.29 is 23.8 Å². The molecule has 2 aromatic heterocycles. The van der Waals surface area contributed by atoms with Crippen LogP contribution in [0.3, 0.4) is 0 Å². The largest absolute Gasteiger partial charge is 0.490 e. The SMILES string of the molecule is O=C(Cc1csc(-c2ccsc2)n1)OCC(=O)c1ccc2c(c1)OCCCO2. The predicted molar refractivity (Wildman–Crippen MR) is 106 cm³/mol. The van der Waals surface area contributed by atoms with Crippen molar-refractivity contribution >= 4 is 34.4 Å². The minimum absolute atomic E-state index is 0.0368. The molecule has 28 heavy (non-hydrogen) atoms. The van der Waals surface area contributed by atoms with Gasteiger partial charge in [0.1, 0.15) is 5.01 Å². The Morgan fingerprint density at radius 2 is 1.96 bits per heavy atom. The lowest BCUT2D eigenvalue weighted by Gasteiger charge is -2.09. The molecule has 0 amide bonds. The molecule has 1 aliphatic heterocycles. The first-order valence-electron chi connectivity index (χ1n) is 8.74. The van der Waals surface area contributed by atoms with Crippen molar-refractivity contribution in [1.82, 2.24) is 4.98 Å². The van der Waals surface area contributed by atoms with Gasteiger partial charge >= 0.3 is 5.97 Å². The highest BCUT2D eigenvalue weighted by Gasteiger charge is 2.16. The van der Waals surface area contributed by atoms with Crippen molar-refractivity contribution in [2.75, 3.05) is 19.8 Å². The number of ketones is 1. The fraction of sp³-hybridized carbons (Fsp3) is 0.250. The van der Waals surface area contributed by atoms with Crippen molar-refractivity contribution in [2.24, 2.45) is 0 Å². The smallest absolute Gasteiger partial charge is 0.312 e. The standard InChI is InChI=1S/C20H17NO5S2/c22-16(13-2-3-17-18(8-13)25-6-1-5-24-17)10-26-19(23)9-15-12-28-20(21-15)14-4-7-27-11-14/h2-4,7-8,11-12H,1,5-6,9-10H2. The Hall–Kier alpha value is -2.71. The van der Waals surface area contributed by atoms with Crippen LogP contribution in [0.15, 0.2) is 40.4 Å². The molecule has 0 atom stereocenters. The fourth-order valence-corrected chi connectivity index (χ4v) is 4.20. The number of thiophene rings is 1. The maximum Gasteiger partial charge on any atom is 0.312 e. The number of rotatable bonds is 6. The molecule has 0 N–H and O–H groups in total. The van der Waals surface area contributed by atoms with Gasteiger partial charge in [0.05, 0.1) is 25.3 Å². The first-order valence-corrected chi connectivity index (χ1v) is 10.6. The Morgan fingerprint density at radius 1 is 1.11 bits per heavy atom. The third-order valence-electron chi connectivity index (χ3n) is 4.08. The van der Waals surface area contributed by atoms with Gasteiger partial charge in [-0.15, -0.1) is 11.3 Å². The Kier molecular flexibility index (Phi) is 5.68. The van der Waals surface area contributed by atoms with Gasteiger partial charge in [-0.1, -0.05) is 0 Å². The summed E-state index contributed by atoms with van der Waals surface area (Å²) in [5.74, 6) is 0.389. The van der Waals surface area contributed by atoms with E-state index in [-0.39, 0.29) is 18.8 Å². The third-order valence-corrected chi connectivity index (χ3v) is 5.70. The summed E-state index contributed by atoms with van der Waals surface area (Å²) in [6.45, 7) is 0.809. The van der Waals surface area contributed by atoms with E-state index in [9.17, 15) is 9.59 Å². The number of carbonyl (C=O) groups excluding carboxylic acids is 2. The number of aromatic nitrogens is 1. The van der Waals surface area contributed by atoms with E-state index in [4.69, 9.17) is 14.2 Å². The lowest BCUT2D eigenvalue weighted by atomic mass is 10.1. The number of fused-ring (bicyclic) bond motifs is 1. The number of hydrogen-bond donors (Lipinski definition) is 0. The van der Waals surface area contributed by atoms with Crippen LogP contribution in [0.5, 0.6) is 11.5 Å². The second kappa shape index (κ2) is 8.53. The lowest BCUT2D eigenvalue weighted by molar-refractivity contribution is -0.141. The summed E-state index contributed by atoms with van der Waals surface area (Å²) in [6, 6.07) is 6.97. The molecule has 4 rings (SSSR count). The van der Waals surface area contributed by atoms with Crippen LogP contribution in [0.2, 0.25) is 0 Å². The molecule has 1 aromatic carbocycles. The van der Waals surface area contributed by atoms with Gasteiger partial charge in [-0.3, -0.25) is 9.59 Å². The molecule has 0 spiro atoms. The molecule has 6 nitrogen and oxygen atoms in total. The number of carbonyl (C=O) groups is 2. The van der Waals surface area contributed by atoms with Gasteiger partial charge < -0.3 is 14.2 Å². The summed E-state index contributed by atoms with van der Waals surface area (Å²) in [4.78, 5) is 28.9. The van der Waals surface area contributed by atoms with Crippen molar-refractivity contribution in [1.29, 1.82) is 0 Å². The summed E-state index contributed by atoms with van der Waals surface area (Å²) in [5.41, 5.74) is 2.10. The molecule has 0 radical (unpaired) electrons. The molecule has 3 aromatic rings. The van der Waals surface area contributed by atoms with Crippen molar-refractivity contribution in [3.05, 3.63) is 51.7 Å². The number of esters is 1. The maximum absolute atomic E-state index is 12.3. The highest BCUT2D eigenvalue weighted by molar-refractivity contribution is 7.14. The number of thiazole rings is 1. The highest BCUT2D eigenvalue weighted by atomic mass is 32.1. The molecule has 0 bridgehead atoms. The first kappa shape index (κ1) is 18.6.